The Morgan fingerprint density at radius 3 is 1.93 bits per heavy atom. The van der Waals surface area contributed by atoms with Crippen molar-refractivity contribution in [2.24, 2.45) is 0 Å². The molecule has 0 aliphatic heterocycles. The summed E-state index contributed by atoms with van der Waals surface area (Å²) in [5, 5.41) is 0.944. The zero-order valence-electron chi connectivity index (χ0n) is 26.5. The quantitative estimate of drug-likeness (QED) is 0.0818. The number of carbonyl (C=O) groups is 1. The summed E-state index contributed by atoms with van der Waals surface area (Å²) in [5.41, 5.74) is 3.80. The molecule has 0 aliphatic carbocycles. The van der Waals surface area contributed by atoms with Gasteiger partial charge in [-0.05, 0) is 65.9 Å². The van der Waals surface area contributed by atoms with Gasteiger partial charge in [0.1, 0.15) is 11.0 Å². The molecular weight excluding hydrogens is 612 g/mol. The number of rotatable bonds is 15. The maximum atomic E-state index is 13.2. The lowest BCUT2D eigenvalue weighted by molar-refractivity contribution is 0.0796. The maximum Gasteiger partial charge on any atom is 0.253 e. The molecule has 9 nitrogen and oxygen atoms in total. The zero-order valence-corrected chi connectivity index (χ0v) is 28.1. The lowest BCUT2D eigenvalue weighted by atomic mass is 10.1. The van der Waals surface area contributed by atoms with Gasteiger partial charge in [-0.25, -0.2) is 9.97 Å². The number of anilines is 1. The second-order valence-electron chi connectivity index (χ2n) is 10.3. The van der Waals surface area contributed by atoms with E-state index >= 15 is 0 Å². The highest BCUT2D eigenvalue weighted by atomic mass is 35.5. The van der Waals surface area contributed by atoms with Crippen LogP contribution in [0, 0.1) is 0 Å². The van der Waals surface area contributed by atoms with Gasteiger partial charge in [-0.15, -0.1) is 0 Å². The number of halogens is 1. The number of amides is 1. The first-order chi connectivity index (χ1) is 21.7. The molecule has 11 heteroatoms. The van der Waals surface area contributed by atoms with Crippen LogP contribution in [0.4, 0.5) is 5.82 Å². The first kappa shape index (κ1) is 33.7. The van der Waals surface area contributed by atoms with Crippen LogP contribution in [0.1, 0.15) is 27.0 Å². The molecule has 0 saturated carbocycles. The van der Waals surface area contributed by atoms with E-state index in [1.165, 1.54) is 11.8 Å². The molecule has 4 rings (SSSR count). The van der Waals surface area contributed by atoms with Gasteiger partial charge >= 0.3 is 0 Å². The van der Waals surface area contributed by atoms with Crippen molar-refractivity contribution < 1.29 is 23.7 Å². The third-order valence-corrected chi connectivity index (χ3v) is 8.42. The monoisotopic (exact) mass is 650 g/mol. The molecule has 0 saturated heterocycles. The molecule has 4 aromatic rings. The summed E-state index contributed by atoms with van der Waals surface area (Å²) in [7, 11) is 10.3. The smallest absolute Gasteiger partial charge is 0.253 e. The predicted octanol–water partition coefficient (Wildman–Crippen LogP) is 6.45. The average molecular weight is 651 g/mol. The van der Waals surface area contributed by atoms with Crippen molar-refractivity contribution in [3.05, 3.63) is 94.1 Å². The molecular formula is C34H39ClN4O5S. The summed E-state index contributed by atoms with van der Waals surface area (Å²) in [4.78, 5) is 26.2. The van der Waals surface area contributed by atoms with Crippen molar-refractivity contribution in [3.63, 3.8) is 0 Å². The van der Waals surface area contributed by atoms with E-state index in [0.29, 0.717) is 57.6 Å². The summed E-state index contributed by atoms with van der Waals surface area (Å²) < 4.78 is 21.5. The topological polar surface area (TPSA) is 86.3 Å². The molecule has 238 valence electrons. The Labute approximate surface area is 274 Å². The van der Waals surface area contributed by atoms with Gasteiger partial charge in [0, 0.05) is 44.6 Å². The van der Waals surface area contributed by atoms with Crippen LogP contribution in [0.2, 0.25) is 5.15 Å². The first-order valence-electron chi connectivity index (χ1n) is 14.4. The van der Waals surface area contributed by atoms with Gasteiger partial charge in [0.25, 0.3) is 5.91 Å². The Balaban J connectivity index is 1.34. The van der Waals surface area contributed by atoms with Crippen molar-refractivity contribution in [1.82, 2.24) is 14.9 Å². The van der Waals surface area contributed by atoms with Crippen molar-refractivity contribution in [2.45, 2.75) is 23.8 Å². The number of methoxy groups -OCH3 is 4. The molecule has 0 atom stereocenters. The molecule has 1 heterocycles. The van der Waals surface area contributed by atoms with Gasteiger partial charge in [0.05, 0.1) is 28.4 Å². The fourth-order valence-corrected chi connectivity index (χ4v) is 5.71. The van der Waals surface area contributed by atoms with Gasteiger partial charge in [0.2, 0.25) is 0 Å². The van der Waals surface area contributed by atoms with E-state index in [-0.39, 0.29) is 5.91 Å². The minimum atomic E-state index is -0.0419. The third kappa shape index (κ3) is 9.18. The number of nitrogens with zero attached hydrogens (tertiary/aromatic N) is 4. The number of aromatic nitrogens is 2. The van der Waals surface area contributed by atoms with Crippen LogP contribution < -0.4 is 23.8 Å². The summed E-state index contributed by atoms with van der Waals surface area (Å²) >= 11 is 7.86. The van der Waals surface area contributed by atoms with Crippen LogP contribution in [0.25, 0.3) is 0 Å². The van der Waals surface area contributed by atoms with Gasteiger partial charge < -0.3 is 28.7 Å². The Morgan fingerprint density at radius 2 is 1.33 bits per heavy atom. The van der Waals surface area contributed by atoms with Crippen LogP contribution >= 0.6 is 23.4 Å². The predicted molar refractivity (Wildman–Crippen MR) is 180 cm³/mol. The molecule has 0 fully saturated rings. The Hall–Kier alpha value is -4.15. The highest BCUT2D eigenvalue weighted by Gasteiger charge is 2.15. The van der Waals surface area contributed by atoms with Gasteiger partial charge in [-0.2, -0.15) is 0 Å². The van der Waals surface area contributed by atoms with Crippen molar-refractivity contribution in [1.29, 1.82) is 0 Å². The molecule has 1 aromatic heterocycles. The highest BCUT2D eigenvalue weighted by Crippen LogP contribution is 2.29. The molecule has 0 aliphatic rings. The molecule has 3 aromatic carbocycles. The molecule has 0 radical (unpaired) electrons. The van der Waals surface area contributed by atoms with Crippen LogP contribution in [0.5, 0.6) is 23.0 Å². The standard InChI is InChI=1S/C34H39ClN4O5S/c1-38(16-14-23-10-12-27(41-3)29(19-23)43-5)32-21-31(35)36-34(37-32)45-22-25-8-7-9-26(18-25)33(40)39(2)17-15-24-11-13-28(42-4)30(20-24)44-6/h7-13,18-21H,14-17,22H2,1-6H3. The van der Waals surface area contributed by atoms with Gasteiger partial charge in [0.15, 0.2) is 28.2 Å². The minimum Gasteiger partial charge on any atom is -0.493 e. The number of likely N-dealkylation sites (N-methyl/N-ethyl adjacent to an activating group) is 2. The average Bonchev–Trinajstić information content (AvgIpc) is 3.07. The summed E-state index contributed by atoms with van der Waals surface area (Å²) in [6.07, 6.45) is 1.47. The number of ether oxygens (including phenoxy) is 4. The van der Waals surface area contributed by atoms with E-state index < -0.39 is 0 Å². The number of carbonyl (C=O) groups excluding carboxylic acids is 1. The van der Waals surface area contributed by atoms with Crippen molar-refractivity contribution >= 4 is 35.1 Å². The highest BCUT2D eigenvalue weighted by molar-refractivity contribution is 7.98. The number of benzene rings is 3. The van der Waals surface area contributed by atoms with E-state index in [0.717, 1.165) is 35.5 Å². The van der Waals surface area contributed by atoms with Crippen LogP contribution in [0.15, 0.2) is 71.9 Å². The fourth-order valence-electron chi connectivity index (χ4n) is 4.69. The second-order valence-corrected chi connectivity index (χ2v) is 11.7. The lowest BCUT2D eigenvalue weighted by Crippen LogP contribution is -2.28. The Morgan fingerprint density at radius 1 is 0.733 bits per heavy atom. The SMILES string of the molecule is COc1ccc(CCN(C)C(=O)c2cccc(CSc3nc(Cl)cc(N(C)CCc4ccc(OC)c(OC)c4)n3)c2)cc1OC. The van der Waals surface area contributed by atoms with Crippen LogP contribution in [0.3, 0.4) is 0 Å². The normalized spacial score (nSPS) is 10.7. The lowest BCUT2D eigenvalue weighted by Gasteiger charge is -2.19. The number of hydrogen-bond acceptors (Lipinski definition) is 9. The van der Waals surface area contributed by atoms with Gasteiger partial charge in [-0.3, -0.25) is 4.79 Å². The van der Waals surface area contributed by atoms with Crippen LogP contribution in [-0.4, -0.2) is 76.4 Å². The summed E-state index contributed by atoms with van der Waals surface area (Å²) in [6.45, 7) is 1.28. The molecule has 0 N–H and O–H groups in total. The molecule has 0 unspecified atom stereocenters. The molecule has 0 spiro atoms. The van der Waals surface area contributed by atoms with E-state index in [4.69, 9.17) is 35.5 Å². The summed E-state index contributed by atoms with van der Waals surface area (Å²) in [5.74, 6) is 4.04. The van der Waals surface area contributed by atoms with Gasteiger partial charge in [-0.1, -0.05) is 47.6 Å². The number of hydrogen-bond donors (Lipinski definition) is 0. The van der Waals surface area contributed by atoms with E-state index in [1.54, 1.807) is 39.4 Å². The maximum absolute atomic E-state index is 13.2. The van der Waals surface area contributed by atoms with Crippen LogP contribution in [-0.2, 0) is 18.6 Å². The van der Waals surface area contributed by atoms with E-state index in [2.05, 4.69) is 4.98 Å². The fraction of sp³-hybridized carbons (Fsp3) is 0.324. The molecule has 45 heavy (non-hydrogen) atoms. The second kappa shape index (κ2) is 16.2. The molecule has 1 amide bonds. The minimum absolute atomic E-state index is 0.0419. The zero-order chi connectivity index (χ0) is 32.3. The Kier molecular flexibility index (Phi) is 12.2. The van der Waals surface area contributed by atoms with Crippen molar-refractivity contribution in [2.75, 3.05) is 60.5 Å². The molecule has 0 bridgehead atoms. The van der Waals surface area contributed by atoms with E-state index in [1.807, 2.05) is 79.7 Å². The van der Waals surface area contributed by atoms with E-state index in [9.17, 15) is 4.79 Å². The van der Waals surface area contributed by atoms with Crippen molar-refractivity contribution in [3.8, 4) is 23.0 Å². The summed E-state index contributed by atoms with van der Waals surface area (Å²) in [6, 6.07) is 21.1. The Bertz CT molecular complexity index is 1610. The third-order valence-electron chi connectivity index (χ3n) is 7.31. The number of thioether (sulfide) groups is 1. The largest absolute Gasteiger partial charge is 0.493 e. The first-order valence-corrected chi connectivity index (χ1v) is 15.8.